The predicted octanol–water partition coefficient (Wildman–Crippen LogP) is 6.17. The molecule has 2 aliphatic rings. The van der Waals surface area contributed by atoms with Crippen LogP contribution in [0.3, 0.4) is 0 Å². The van der Waals surface area contributed by atoms with Crippen molar-refractivity contribution in [3.05, 3.63) is 86.9 Å². The van der Waals surface area contributed by atoms with Gasteiger partial charge < -0.3 is 14.9 Å². The van der Waals surface area contributed by atoms with Gasteiger partial charge in [-0.2, -0.15) is 0 Å². The van der Waals surface area contributed by atoms with Gasteiger partial charge in [-0.1, -0.05) is 63.2 Å². The number of thiazole rings is 1. The highest BCUT2D eigenvalue weighted by molar-refractivity contribution is 7.11. The molecule has 0 radical (unpaired) electrons. The summed E-state index contributed by atoms with van der Waals surface area (Å²) in [4.78, 5) is 38.1. The van der Waals surface area contributed by atoms with Crippen LogP contribution in [0.25, 0.3) is 0 Å². The molecule has 2 saturated heterocycles. The number of hydrogen-bond acceptors (Lipinski definition) is 5. The molecule has 2 fully saturated rings. The summed E-state index contributed by atoms with van der Waals surface area (Å²) >= 11 is 1.85. The van der Waals surface area contributed by atoms with E-state index in [4.69, 9.17) is 4.98 Å². The van der Waals surface area contributed by atoms with Crippen LogP contribution in [0.2, 0.25) is 0 Å². The smallest absolute Gasteiger partial charge is 0.335 e. The Balaban J connectivity index is 1.30. The van der Waals surface area contributed by atoms with Crippen LogP contribution < -0.4 is 0 Å². The van der Waals surface area contributed by atoms with Gasteiger partial charge in [0, 0.05) is 49.6 Å². The van der Waals surface area contributed by atoms with Gasteiger partial charge in [0.05, 0.1) is 22.3 Å². The molecule has 1 N–H and O–H groups in total. The second-order valence-corrected chi connectivity index (χ2v) is 12.1. The van der Waals surface area contributed by atoms with Crippen molar-refractivity contribution in [2.75, 3.05) is 19.6 Å². The van der Waals surface area contributed by atoms with Crippen molar-refractivity contribution in [1.29, 1.82) is 0 Å². The summed E-state index contributed by atoms with van der Waals surface area (Å²) in [5.74, 6) is -0.504. The summed E-state index contributed by atoms with van der Waals surface area (Å²) in [5, 5.41) is 10.6. The minimum absolute atomic E-state index is 0.0142. The van der Waals surface area contributed by atoms with E-state index < -0.39 is 5.97 Å². The third-order valence-corrected chi connectivity index (χ3v) is 9.28. The number of hydrogen-bond donors (Lipinski definition) is 1. The monoisotopic (exact) mass is 546 g/mol. The van der Waals surface area contributed by atoms with E-state index in [0.717, 1.165) is 50.0 Å². The number of piperidine rings is 1. The number of benzene rings is 2. The molecule has 39 heavy (non-hydrogen) atoms. The number of carbonyl (C=O) groups excluding carboxylic acids is 1. The Kier molecular flexibility index (Phi) is 8.33. The standard InChI is InChI=1S/C31H38N4O3S/c1-4-26-28(39-29(32-26)21(2)3)20-33-15-13-25(14-16-33)35-27(23-10-6-5-7-11-23)19-34(31(35)38)18-22-9-8-12-24(17-22)30(36)37/h5-12,17,21,25,27H,4,13-16,18-20H2,1-3H3,(H,36,37). The topological polar surface area (TPSA) is 77.0 Å². The van der Waals surface area contributed by atoms with Gasteiger partial charge in [0.1, 0.15) is 0 Å². The number of carboxylic acid groups (broad SMARTS) is 1. The van der Waals surface area contributed by atoms with Crippen molar-refractivity contribution < 1.29 is 14.7 Å². The van der Waals surface area contributed by atoms with Crippen molar-refractivity contribution in [2.24, 2.45) is 0 Å². The number of urea groups is 1. The van der Waals surface area contributed by atoms with E-state index in [2.05, 4.69) is 42.7 Å². The zero-order valence-corrected chi connectivity index (χ0v) is 23.9. The summed E-state index contributed by atoms with van der Waals surface area (Å²) < 4.78 is 0. The molecule has 206 valence electrons. The molecule has 7 nitrogen and oxygen atoms in total. The molecule has 2 aliphatic heterocycles. The Morgan fingerprint density at radius 2 is 1.82 bits per heavy atom. The van der Waals surface area contributed by atoms with Crippen molar-refractivity contribution >= 4 is 23.3 Å². The predicted molar refractivity (Wildman–Crippen MR) is 154 cm³/mol. The Morgan fingerprint density at radius 3 is 2.49 bits per heavy atom. The molecule has 2 aromatic carbocycles. The highest BCUT2D eigenvalue weighted by atomic mass is 32.1. The summed E-state index contributed by atoms with van der Waals surface area (Å²) in [6.45, 7) is 10.4. The SMILES string of the molecule is CCc1nc(C(C)C)sc1CN1CCC(N2C(=O)N(Cc3cccc(C(=O)O)c3)CC2c2ccccc2)CC1. The third-order valence-electron chi connectivity index (χ3n) is 7.89. The average Bonchev–Trinajstić information content (AvgIpc) is 3.50. The maximum absolute atomic E-state index is 13.8. The molecule has 0 bridgehead atoms. The van der Waals surface area contributed by atoms with Gasteiger partial charge in [0.2, 0.25) is 0 Å². The lowest BCUT2D eigenvalue weighted by Crippen LogP contribution is -2.47. The number of aryl methyl sites for hydroxylation is 1. The van der Waals surface area contributed by atoms with E-state index in [1.807, 2.05) is 40.5 Å². The molecule has 0 spiro atoms. The van der Waals surface area contributed by atoms with E-state index in [0.29, 0.717) is 19.0 Å². The van der Waals surface area contributed by atoms with Gasteiger partial charge in [-0.05, 0) is 42.5 Å². The number of aromatic carboxylic acids is 1. The quantitative estimate of drug-likeness (QED) is 0.347. The van der Waals surface area contributed by atoms with Crippen LogP contribution in [0.15, 0.2) is 54.6 Å². The van der Waals surface area contributed by atoms with Crippen LogP contribution in [0.5, 0.6) is 0 Å². The maximum Gasteiger partial charge on any atom is 0.335 e. The molecular formula is C31H38N4O3S. The number of aromatic nitrogens is 1. The van der Waals surface area contributed by atoms with Gasteiger partial charge in [-0.3, -0.25) is 4.90 Å². The van der Waals surface area contributed by atoms with E-state index in [1.165, 1.54) is 15.6 Å². The fraction of sp³-hybridized carbons (Fsp3) is 0.452. The van der Waals surface area contributed by atoms with Gasteiger partial charge in [-0.25, -0.2) is 14.6 Å². The second-order valence-electron chi connectivity index (χ2n) is 10.9. The van der Waals surface area contributed by atoms with Gasteiger partial charge >= 0.3 is 12.0 Å². The number of rotatable bonds is 9. The van der Waals surface area contributed by atoms with Crippen LogP contribution in [0, 0.1) is 0 Å². The fourth-order valence-electron chi connectivity index (χ4n) is 5.79. The average molecular weight is 547 g/mol. The highest BCUT2D eigenvalue weighted by Crippen LogP contribution is 2.36. The Hall–Kier alpha value is -3.23. The first-order valence-corrected chi connectivity index (χ1v) is 14.8. The maximum atomic E-state index is 13.8. The molecule has 8 heteroatoms. The number of amides is 2. The van der Waals surface area contributed by atoms with E-state index in [9.17, 15) is 14.7 Å². The van der Waals surface area contributed by atoms with E-state index in [1.54, 1.807) is 18.2 Å². The van der Waals surface area contributed by atoms with Crippen molar-refractivity contribution in [3.8, 4) is 0 Å². The van der Waals surface area contributed by atoms with Crippen LogP contribution in [0.4, 0.5) is 4.79 Å². The lowest BCUT2D eigenvalue weighted by Gasteiger charge is -2.39. The molecule has 0 saturated carbocycles. The van der Waals surface area contributed by atoms with E-state index in [-0.39, 0.29) is 23.7 Å². The van der Waals surface area contributed by atoms with Crippen molar-refractivity contribution in [3.63, 3.8) is 0 Å². The van der Waals surface area contributed by atoms with Crippen LogP contribution in [-0.2, 0) is 19.5 Å². The summed E-state index contributed by atoms with van der Waals surface area (Å²) in [6.07, 6.45) is 2.84. The number of carboxylic acids is 1. The van der Waals surface area contributed by atoms with Gasteiger partial charge in [0.25, 0.3) is 0 Å². The summed E-state index contributed by atoms with van der Waals surface area (Å²) in [6, 6.07) is 17.4. The normalized spacial score (nSPS) is 18.9. The van der Waals surface area contributed by atoms with Gasteiger partial charge in [-0.15, -0.1) is 11.3 Å². The zero-order chi connectivity index (χ0) is 27.5. The number of carbonyl (C=O) groups is 2. The first-order valence-electron chi connectivity index (χ1n) is 14.0. The van der Waals surface area contributed by atoms with Crippen LogP contribution >= 0.6 is 11.3 Å². The third kappa shape index (κ3) is 6.02. The minimum Gasteiger partial charge on any atom is -0.478 e. The van der Waals surface area contributed by atoms with Crippen molar-refractivity contribution in [1.82, 2.24) is 19.7 Å². The van der Waals surface area contributed by atoms with Gasteiger partial charge in [0.15, 0.2) is 0 Å². The lowest BCUT2D eigenvalue weighted by molar-refractivity contribution is 0.0696. The lowest BCUT2D eigenvalue weighted by atomic mass is 9.99. The molecule has 1 atom stereocenters. The van der Waals surface area contributed by atoms with E-state index >= 15 is 0 Å². The molecule has 1 aromatic heterocycles. The highest BCUT2D eigenvalue weighted by Gasteiger charge is 2.42. The zero-order valence-electron chi connectivity index (χ0n) is 23.0. The first-order chi connectivity index (χ1) is 18.8. The molecule has 3 heterocycles. The number of likely N-dealkylation sites (tertiary alicyclic amines) is 1. The largest absolute Gasteiger partial charge is 0.478 e. The molecule has 1 unspecified atom stereocenters. The number of nitrogens with zero attached hydrogens (tertiary/aromatic N) is 4. The molecule has 5 rings (SSSR count). The molecule has 0 aliphatic carbocycles. The molecular weight excluding hydrogens is 508 g/mol. The molecule has 2 amide bonds. The first kappa shape index (κ1) is 27.3. The van der Waals surface area contributed by atoms with Crippen LogP contribution in [0.1, 0.15) is 82.6 Å². The summed E-state index contributed by atoms with van der Waals surface area (Å²) in [5.41, 5.74) is 3.46. The Labute approximate surface area is 235 Å². The van der Waals surface area contributed by atoms with Crippen molar-refractivity contribution in [2.45, 2.75) is 71.1 Å². The van der Waals surface area contributed by atoms with Crippen LogP contribution in [-0.4, -0.2) is 62.5 Å². The minimum atomic E-state index is -0.954. The Bertz CT molecular complexity index is 1300. The fourth-order valence-corrected chi connectivity index (χ4v) is 6.99. The second kappa shape index (κ2) is 11.9. The molecule has 3 aromatic rings. The summed E-state index contributed by atoms with van der Waals surface area (Å²) in [7, 11) is 0. The Morgan fingerprint density at radius 1 is 1.08 bits per heavy atom.